The van der Waals surface area contributed by atoms with Crippen molar-refractivity contribution in [3.05, 3.63) is 5.82 Å². The maximum absolute atomic E-state index is 11.7. The van der Waals surface area contributed by atoms with Gasteiger partial charge in [-0.1, -0.05) is 13.8 Å². The van der Waals surface area contributed by atoms with Crippen LogP contribution in [-0.2, 0) is 0 Å². The molecule has 1 aromatic heterocycles. The van der Waals surface area contributed by atoms with Gasteiger partial charge in [0.15, 0.2) is 0 Å². The van der Waals surface area contributed by atoms with Gasteiger partial charge in [-0.15, -0.1) is 5.10 Å². The molecule has 0 fully saturated rings. The number of H-pyrrole nitrogens is 1. The Morgan fingerprint density at radius 2 is 2.19 bits per heavy atom. The molecule has 0 radical (unpaired) electrons. The fourth-order valence-corrected chi connectivity index (χ4v) is 1.37. The van der Waals surface area contributed by atoms with Crippen molar-refractivity contribution in [1.29, 1.82) is 0 Å². The molecule has 0 aromatic carbocycles. The molecule has 16 heavy (non-hydrogen) atoms. The highest BCUT2D eigenvalue weighted by molar-refractivity contribution is 5.91. The van der Waals surface area contributed by atoms with Crippen LogP contribution < -0.4 is 11.1 Å². The van der Waals surface area contributed by atoms with E-state index in [9.17, 15) is 9.90 Å². The molecule has 7 heteroatoms. The standard InChI is InChI=1S/C9H17N5O2/c1-3-9(4-2,5-15)12-7(16)6-11-8(10)14-13-6/h15H,3-5H2,1-2H3,(H,12,16)(H3,10,11,13,14). The third kappa shape index (κ3) is 2.48. The number of anilines is 1. The van der Waals surface area contributed by atoms with Gasteiger partial charge in [0.1, 0.15) is 0 Å². The first-order valence-corrected chi connectivity index (χ1v) is 5.18. The van der Waals surface area contributed by atoms with Crippen LogP contribution in [0, 0.1) is 0 Å². The smallest absolute Gasteiger partial charge is 0.289 e. The molecule has 90 valence electrons. The minimum Gasteiger partial charge on any atom is -0.394 e. The average Bonchev–Trinajstić information content (AvgIpc) is 2.73. The lowest BCUT2D eigenvalue weighted by molar-refractivity contribution is 0.0808. The molecule has 0 saturated carbocycles. The monoisotopic (exact) mass is 227 g/mol. The highest BCUT2D eigenvalue weighted by atomic mass is 16.3. The van der Waals surface area contributed by atoms with Crippen molar-refractivity contribution in [3.8, 4) is 0 Å². The van der Waals surface area contributed by atoms with E-state index in [2.05, 4.69) is 20.5 Å². The lowest BCUT2D eigenvalue weighted by atomic mass is 9.94. The number of hydrogen-bond donors (Lipinski definition) is 4. The Balaban J connectivity index is 2.76. The van der Waals surface area contributed by atoms with Gasteiger partial charge < -0.3 is 16.2 Å². The maximum atomic E-state index is 11.7. The van der Waals surface area contributed by atoms with Crippen LogP contribution in [0.15, 0.2) is 0 Å². The first kappa shape index (κ1) is 12.4. The molecule has 0 aliphatic heterocycles. The van der Waals surface area contributed by atoms with Crippen molar-refractivity contribution in [2.24, 2.45) is 0 Å². The van der Waals surface area contributed by atoms with Crippen LogP contribution in [-0.4, -0.2) is 38.3 Å². The fourth-order valence-electron chi connectivity index (χ4n) is 1.37. The topological polar surface area (TPSA) is 117 Å². The van der Waals surface area contributed by atoms with Crippen LogP contribution in [0.5, 0.6) is 0 Å². The molecule has 1 rings (SSSR count). The summed E-state index contributed by atoms with van der Waals surface area (Å²) in [5, 5.41) is 18.0. The summed E-state index contributed by atoms with van der Waals surface area (Å²) in [5.74, 6) is -0.341. The minimum absolute atomic E-state index is 0.0211. The second kappa shape index (κ2) is 4.93. The molecule has 0 unspecified atom stereocenters. The summed E-state index contributed by atoms with van der Waals surface area (Å²) < 4.78 is 0. The quantitative estimate of drug-likeness (QED) is 0.549. The van der Waals surface area contributed by atoms with Gasteiger partial charge in [-0.3, -0.25) is 9.89 Å². The summed E-state index contributed by atoms with van der Waals surface area (Å²) in [6.45, 7) is 3.68. The van der Waals surface area contributed by atoms with E-state index in [0.29, 0.717) is 12.8 Å². The summed E-state index contributed by atoms with van der Waals surface area (Å²) in [6, 6.07) is 0. The van der Waals surface area contributed by atoms with Crippen LogP contribution in [0.3, 0.4) is 0 Å². The van der Waals surface area contributed by atoms with Gasteiger partial charge in [-0.25, -0.2) is 0 Å². The normalized spacial score (nSPS) is 11.4. The van der Waals surface area contributed by atoms with E-state index in [0.717, 1.165) is 0 Å². The molecule has 1 aromatic rings. The van der Waals surface area contributed by atoms with Crippen molar-refractivity contribution in [1.82, 2.24) is 20.5 Å². The van der Waals surface area contributed by atoms with E-state index >= 15 is 0 Å². The van der Waals surface area contributed by atoms with Gasteiger partial charge in [0, 0.05) is 0 Å². The molecule has 7 nitrogen and oxygen atoms in total. The first-order chi connectivity index (χ1) is 7.56. The predicted octanol–water partition coefficient (Wildman–Crippen LogP) is -0.332. The number of aliphatic hydroxyl groups excluding tert-OH is 1. The number of hydrogen-bond acceptors (Lipinski definition) is 5. The summed E-state index contributed by atoms with van der Waals surface area (Å²) in [5.41, 5.74) is 4.68. The Labute approximate surface area is 93.4 Å². The Hall–Kier alpha value is -1.63. The number of nitrogen functional groups attached to an aromatic ring is 1. The zero-order chi connectivity index (χ0) is 12.2. The summed E-state index contributed by atoms with van der Waals surface area (Å²) in [6.07, 6.45) is 1.27. The molecule has 5 N–H and O–H groups in total. The highest BCUT2D eigenvalue weighted by Gasteiger charge is 2.28. The average molecular weight is 227 g/mol. The predicted molar refractivity (Wildman–Crippen MR) is 58.7 cm³/mol. The molecule has 0 bridgehead atoms. The second-order valence-corrected chi connectivity index (χ2v) is 3.64. The summed E-state index contributed by atoms with van der Waals surface area (Å²) in [4.78, 5) is 15.5. The van der Waals surface area contributed by atoms with Crippen molar-refractivity contribution >= 4 is 11.9 Å². The fraction of sp³-hybridized carbons (Fsp3) is 0.667. The Bertz CT molecular complexity index is 350. The van der Waals surface area contributed by atoms with Crippen molar-refractivity contribution in [3.63, 3.8) is 0 Å². The van der Waals surface area contributed by atoms with Gasteiger partial charge in [0.05, 0.1) is 12.1 Å². The molecular formula is C9H17N5O2. The molecule has 0 aliphatic carbocycles. The van der Waals surface area contributed by atoms with E-state index in [1.165, 1.54) is 0 Å². The third-order valence-electron chi connectivity index (χ3n) is 2.75. The third-order valence-corrected chi connectivity index (χ3v) is 2.75. The number of aromatic amines is 1. The van der Waals surface area contributed by atoms with Crippen LogP contribution in [0.2, 0.25) is 0 Å². The molecular weight excluding hydrogens is 210 g/mol. The number of nitrogens with zero attached hydrogens (tertiary/aromatic N) is 2. The lowest BCUT2D eigenvalue weighted by Gasteiger charge is -2.30. The number of nitrogens with one attached hydrogen (secondary N) is 2. The van der Waals surface area contributed by atoms with Gasteiger partial charge >= 0.3 is 0 Å². The van der Waals surface area contributed by atoms with E-state index < -0.39 is 11.4 Å². The lowest BCUT2D eigenvalue weighted by Crippen LogP contribution is -2.50. The van der Waals surface area contributed by atoms with Crippen molar-refractivity contribution < 1.29 is 9.90 Å². The molecule has 0 saturated heterocycles. The molecule has 1 amide bonds. The summed E-state index contributed by atoms with van der Waals surface area (Å²) >= 11 is 0. The summed E-state index contributed by atoms with van der Waals surface area (Å²) in [7, 11) is 0. The molecule has 0 spiro atoms. The van der Waals surface area contributed by atoms with Crippen molar-refractivity contribution in [2.45, 2.75) is 32.2 Å². The van der Waals surface area contributed by atoms with Crippen LogP contribution in [0.1, 0.15) is 37.3 Å². The van der Waals surface area contributed by atoms with Gasteiger partial charge in [0.25, 0.3) is 5.91 Å². The largest absolute Gasteiger partial charge is 0.394 e. The molecule has 0 atom stereocenters. The Kier molecular flexibility index (Phi) is 3.83. The minimum atomic E-state index is -0.612. The number of aliphatic hydroxyl groups is 1. The number of carbonyl (C=O) groups is 1. The Morgan fingerprint density at radius 1 is 1.56 bits per heavy atom. The maximum Gasteiger partial charge on any atom is 0.289 e. The SMILES string of the molecule is CCC(CC)(CO)NC(=O)c1nc(N)n[nH]1. The van der Waals surface area contributed by atoms with Crippen LogP contribution in [0.25, 0.3) is 0 Å². The number of aromatic nitrogens is 3. The molecule has 0 aliphatic rings. The number of rotatable bonds is 5. The highest BCUT2D eigenvalue weighted by Crippen LogP contribution is 2.14. The number of nitrogens with two attached hydrogens (primary N) is 1. The van der Waals surface area contributed by atoms with Gasteiger partial charge in [-0.2, -0.15) is 4.98 Å². The number of carbonyl (C=O) groups excluding carboxylic acids is 1. The van der Waals surface area contributed by atoms with E-state index in [1.54, 1.807) is 0 Å². The Morgan fingerprint density at radius 3 is 2.56 bits per heavy atom. The number of amides is 1. The van der Waals surface area contributed by atoms with Crippen LogP contribution in [0.4, 0.5) is 5.95 Å². The van der Waals surface area contributed by atoms with E-state index in [-0.39, 0.29) is 18.4 Å². The van der Waals surface area contributed by atoms with Gasteiger partial charge in [0.2, 0.25) is 11.8 Å². The zero-order valence-corrected chi connectivity index (χ0v) is 9.45. The second-order valence-electron chi connectivity index (χ2n) is 3.64. The van der Waals surface area contributed by atoms with Crippen molar-refractivity contribution in [2.75, 3.05) is 12.3 Å². The van der Waals surface area contributed by atoms with Crippen LogP contribution >= 0.6 is 0 Å². The van der Waals surface area contributed by atoms with E-state index in [1.807, 2.05) is 13.8 Å². The molecule has 1 heterocycles. The van der Waals surface area contributed by atoms with Gasteiger partial charge in [-0.05, 0) is 12.8 Å². The first-order valence-electron chi connectivity index (χ1n) is 5.18. The van der Waals surface area contributed by atoms with E-state index in [4.69, 9.17) is 5.73 Å². The zero-order valence-electron chi connectivity index (χ0n) is 9.45.